The van der Waals surface area contributed by atoms with Crippen molar-refractivity contribution in [2.24, 2.45) is 5.92 Å². The lowest BCUT2D eigenvalue weighted by Crippen LogP contribution is -2.50. The average Bonchev–Trinajstić information content (AvgIpc) is 2.31. The second-order valence-electron chi connectivity index (χ2n) is 5.11. The Labute approximate surface area is 123 Å². The van der Waals surface area contributed by atoms with E-state index in [1.807, 2.05) is 13.0 Å². The van der Waals surface area contributed by atoms with E-state index in [0.717, 1.165) is 23.0 Å². The maximum atomic E-state index is 12.4. The normalized spacial score (nSPS) is 24.4. The molecule has 1 aliphatic heterocycles. The van der Waals surface area contributed by atoms with Crippen molar-refractivity contribution in [2.75, 3.05) is 13.1 Å². The van der Waals surface area contributed by atoms with Gasteiger partial charge in [0.25, 0.3) is 0 Å². The van der Waals surface area contributed by atoms with Crippen LogP contribution in [-0.2, 0) is 10.0 Å². The van der Waals surface area contributed by atoms with Crippen LogP contribution in [0.4, 0.5) is 0 Å². The topological polar surface area (TPSA) is 58.2 Å². The summed E-state index contributed by atoms with van der Waals surface area (Å²) in [4.78, 5) is 0.355. The number of hydrogen-bond acceptors (Lipinski definition) is 3. The first-order chi connectivity index (χ1) is 8.90. The first-order valence-corrected chi connectivity index (χ1v) is 8.67. The van der Waals surface area contributed by atoms with Crippen molar-refractivity contribution in [1.82, 2.24) is 10.0 Å². The predicted molar refractivity (Wildman–Crippen MR) is 79.6 cm³/mol. The van der Waals surface area contributed by atoms with Crippen molar-refractivity contribution >= 4 is 26.0 Å². The van der Waals surface area contributed by atoms with Crippen molar-refractivity contribution < 1.29 is 8.42 Å². The SMILES string of the molecule is Cc1cc(Br)ccc1S(=O)(=O)NC1CNCCC1C. The smallest absolute Gasteiger partial charge is 0.241 e. The Hall–Kier alpha value is -0.430. The Bertz CT molecular complexity index is 560. The molecule has 2 atom stereocenters. The molecular weight excluding hydrogens is 328 g/mol. The molecule has 2 rings (SSSR count). The van der Waals surface area contributed by atoms with Crippen LogP contribution in [0.5, 0.6) is 0 Å². The van der Waals surface area contributed by atoms with Crippen LogP contribution >= 0.6 is 15.9 Å². The Morgan fingerprint density at radius 3 is 2.79 bits per heavy atom. The zero-order chi connectivity index (χ0) is 14.0. The molecule has 1 aliphatic rings. The van der Waals surface area contributed by atoms with Crippen LogP contribution in [0.1, 0.15) is 18.9 Å². The van der Waals surface area contributed by atoms with Crippen LogP contribution in [0, 0.1) is 12.8 Å². The molecule has 4 nitrogen and oxygen atoms in total. The molecule has 1 heterocycles. The molecule has 1 aromatic rings. The molecule has 0 radical (unpaired) electrons. The molecule has 1 aromatic carbocycles. The first kappa shape index (κ1) is 15.0. The highest BCUT2D eigenvalue weighted by Crippen LogP contribution is 2.21. The molecule has 106 valence electrons. The predicted octanol–water partition coefficient (Wildman–Crippen LogP) is 2.03. The standard InChI is InChI=1S/C13H19BrN2O2S/c1-9-5-6-15-8-12(9)16-19(17,18)13-4-3-11(14)7-10(13)2/h3-4,7,9,12,15-16H,5-6,8H2,1-2H3. The van der Waals surface area contributed by atoms with Crippen molar-refractivity contribution in [3.05, 3.63) is 28.2 Å². The van der Waals surface area contributed by atoms with E-state index in [1.54, 1.807) is 12.1 Å². The van der Waals surface area contributed by atoms with E-state index < -0.39 is 10.0 Å². The van der Waals surface area contributed by atoms with Gasteiger partial charge < -0.3 is 5.32 Å². The number of hydrogen-bond donors (Lipinski definition) is 2. The molecule has 1 saturated heterocycles. The molecule has 0 bridgehead atoms. The minimum atomic E-state index is -3.45. The molecule has 6 heteroatoms. The highest BCUT2D eigenvalue weighted by molar-refractivity contribution is 9.10. The molecule has 2 N–H and O–H groups in total. The highest BCUT2D eigenvalue weighted by Gasteiger charge is 2.27. The molecule has 0 saturated carbocycles. The molecular formula is C13H19BrN2O2S. The van der Waals surface area contributed by atoms with Crippen LogP contribution in [0.15, 0.2) is 27.6 Å². The summed E-state index contributed by atoms with van der Waals surface area (Å²) in [5.41, 5.74) is 0.748. The largest absolute Gasteiger partial charge is 0.315 e. The van der Waals surface area contributed by atoms with E-state index >= 15 is 0 Å². The number of nitrogens with one attached hydrogen (secondary N) is 2. The lowest BCUT2D eigenvalue weighted by molar-refractivity contribution is 0.327. The van der Waals surface area contributed by atoms with Gasteiger partial charge in [0.2, 0.25) is 10.0 Å². The summed E-state index contributed by atoms with van der Waals surface area (Å²) < 4.78 is 28.5. The minimum Gasteiger partial charge on any atom is -0.315 e. The maximum absolute atomic E-state index is 12.4. The Balaban J connectivity index is 2.22. The van der Waals surface area contributed by atoms with Gasteiger partial charge in [0, 0.05) is 17.1 Å². The van der Waals surface area contributed by atoms with E-state index in [2.05, 4.69) is 32.9 Å². The van der Waals surface area contributed by atoms with Gasteiger partial charge in [0.1, 0.15) is 0 Å². The molecule has 0 aromatic heterocycles. The van der Waals surface area contributed by atoms with Crippen LogP contribution in [0.3, 0.4) is 0 Å². The molecule has 1 fully saturated rings. The second kappa shape index (κ2) is 5.91. The van der Waals surface area contributed by atoms with E-state index in [1.165, 1.54) is 0 Å². The van der Waals surface area contributed by atoms with Gasteiger partial charge in [-0.15, -0.1) is 0 Å². The second-order valence-corrected chi connectivity index (χ2v) is 7.71. The number of piperidine rings is 1. The van der Waals surface area contributed by atoms with E-state index in [4.69, 9.17) is 0 Å². The molecule has 19 heavy (non-hydrogen) atoms. The zero-order valence-corrected chi connectivity index (χ0v) is 13.5. The van der Waals surface area contributed by atoms with Crippen molar-refractivity contribution in [1.29, 1.82) is 0 Å². The number of aryl methyl sites for hydroxylation is 1. The third-order valence-corrected chi connectivity index (χ3v) is 5.70. The lowest BCUT2D eigenvalue weighted by Gasteiger charge is -2.30. The van der Waals surface area contributed by atoms with Crippen molar-refractivity contribution in [3.63, 3.8) is 0 Å². The summed E-state index contributed by atoms with van der Waals surface area (Å²) in [6.07, 6.45) is 0.993. The van der Waals surface area contributed by atoms with Gasteiger partial charge in [-0.25, -0.2) is 13.1 Å². The Morgan fingerprint density at radius 2 is 2.16 bits per heavy atom. The summed E-state index contributed by atoms with van der Waals surface area (Å²) in [6, 6.07) is 5.17. The summed E-state index contributed by atoms with van der Waals surface area (Å²) in [5.74, 6) is 0.353. The van der Waals surface area contributed by atoms with Gasteiger partial charge in [-0.1, -0.05) is 22.9 Å². The van der Waals surface area contributed by atoms with Gasteiger partial charge >= 0.3 is 0 Å². The maximum Gasteiger partial charge on any atom is 0.241 e. The number of sulfonamides is 1. The Kier molecular flexibility index (Phi) is 4.66. The third-order valence-electron chi connectivity index (χ3n) is 3.56. The van der Waals surface area contributed by atoms with Crippen LogP contribution < -0.4 is 10.0 Å². The van der Waals surface area contributed by atoms with E-state index in [-0.39, 0.29) is 6.04 Å². The lowest BCUT2D eigenvalue weighted by atomic mass is 9.96. The molecule has 0 spiro atoms. The zero-order valence-electron chi connectivity index (χ0n) is 11.1. The monoisotopic (exact) mass is 346 g/mol. The fraction of sp³-hybridized carbons (Fsp3) is 0.538. The number of rotatable bonds is 3. The summed E-state index contributed by atoms with van der Waals surface area (Å²) >= 11 is 3.35. The number of benzene rings is 1. The molecule has 0 aliphatic carbocycles. The first-order valence-electron chi connectivity index (χ1n) is 6.39. The van der Waals surface area contributed by atoms with Crippen molar-refractivity contribution in [2.45, 2.75) is 31.2 Å². The van der Waals surface area contributed by atoms with Crippen LogP contribution in [-0.4, -0.2) is 27.5 Å². The van der Waals surface area contributed by atoms with Gasteiger partial charge in [0.05, 0.1) is 4.90 Å². The average molecular weight is 347 g/mol. The van der Waals surface area contributed by atoms with Gasteiger partial charge in [-0.3, -0.25) is 0 Å². The summed E-state index contributed by atoms with van der Waals surface area (Å²) in [7, 11) is -3.45. The molecule has 2 unspecified atom stereocenters. The van der Waals surface area contributed by atoms with E-state index in [9.17, 15) is 8.42 Å². The van der Waals surface area contributed by atoms with Crippen LogP contribution in [0.2, 0.25) is 0 Å². The fourth-order valence-corrected chi connectivity index (χ4v) is 4.37. The van der Waals surface area contributed by atoms with Gasteiger partial charge in [0.15, 0.2) is 0 Å². The molecule has 0 amide bonds. The fourth-order valence-electron chi connectivity index (χ4n) is 2.32. The van der Waals surface area contributed by atoms with Crippen molar-refractivity contribution in [3.8, 4) is 0 Å². The quantitative estimate of drug-likeness (QED) is 0.880. The summed E-state index contributed by atoms with van der Waals surface area (Å²) in [6.45, 7) is 5.54. The number of halogens is 1. The van der Waals surface area contributed by atoms with Crippen LogP contribution in [0.25, 0.3) is 0 Å². The minimum absolute atomic E-state index is 0.0400. The van der Waals surface area contributed by atoms with Gasteiger partial charge in [-0.05, 0) is 49.6 Å². The third kappa shape index (κ3) is 3.56. The van der Waals surface area contributed by atoms with Gasteiger partial charge in [-0.2, -0.15) is 0 Å². The highest BCUT2D eigenvalue weighted by atomic mass is 79.9. The van der Waals surface area contributed by atoms with E-state index in [0.29, 0.717) is 17.4 Å². The Morgan fingerprint density at radius 1 is 1.42 bits per heavy atom. The summed E-state index contributed by atoms with van der Waals surface area (Å²) in [5, 5.41) is 3.23.